The van der Waals surface area contributed by atoms with Crippen LogP contribution in [0.1, 0.15) is 33.4 Å². The first-order valence-electron chi connectivity index (χ1n) is 7.66. The molecule has 112 valence electrons. The van der Waals surface area contributed by atoms with E-state index in [4.69, 9.17) is 0 Å². The van der Waals surface area contributed by atoms with Gasteiger partial charge in [-0.05, 0) is 39.4 Å². The third kappa shape index (κ3) is 3.93. The lowest BCUT2D eigenvalue weighted by Gasteiger charge is -2.43. The molecule has 0 saturated carbocycles. The maximum atomic E-state index is 4.43. The van der Waals surface area contributed by atoms with Crippen LogP contribution in [0.15, 0.2) is 18.3 Å². The Morgan fingerprint density at radius 3 is 2.50 bits per heavy atom. The van der Waals surface area contributed by atoms with Gasteiger partial charge in [0.2, 0.25) is 0 Å². The number of rotatable bonds is 4. The van der Waals surface area contributed by atoms with Crippen LogP contribution in [0.5, 0.6) is 0 Å². The second-order valence-electron chi connectivity index (χ2n) is 6.43. The molecule has 0 unspecified atom stereocenters. The zero-order valence-corrected chi connectivity index (χ0v) is 13.3. The third-order valence-corrected chi connectivity index (χ3v) is 3.95. The maximum Gasteiger partial charge on any atom is 0.0562 e. The van der Waals surface area contributed by atoms with Crippen molar-refractivity contribution in [2.75, 3.05) is 37.6 Å². The summed E-state index contributed by atoms with van der Waals surface area (Å²) < 4.78 is 0. The predicted octanol–water partition coefficient (Wildman–Crippen LogP) is 2.11. The van der Waals surface area contributed by atoms with Gasteiger partial charge in [0.25, 0.3) is 0 Å². The summed E-state index contributed by atoms with van der Waals surface area (Å²) in [4.78, 5) is 9.46. The van der Waals surface area contributed by atoms with Gasteiger partial charge in [0.05, 0.1) is 5.69 Å². The fourth-order valence-electron chi connectivity index (χ4n) is 2.65. The Morgan fingerprint density at radius 1 is 1.20 bits per heavy atom. The molecule has 2 rings (SSSR count). The first-order valence-corrected chi connectivity index (χ1v) is 7.66. The van der Waals surface area contributed by atoms with Crippen LogP contribution in [0.3, 0.4) is 0 Å². The molecule has 0 bridgehead atoms. The molecule has 4 nitrogen and oxygen atoms in total. The Labute approximate surface area is 123 Å². The standard InChI is InChI=1S/C16H28N4/c1-5-17-13-14-12-15(6-7-18-14)19-8-10-20(11-9-19)16(2,3)4/h6-7,12,17H,5,8-11,13H2,1-4H3. The van der Waals surface area contributed by atoms with Gasteiger partial charge in [-0.15, -0.1) is 0 Å². The monoisotopic (exact) mass is 276 g/mol. The summed E-state index contributed by atoms with van der Waals surface area (Å²) in [5, 5.41) is 3.33. The fourth-order valence-corrected chi connectivity index (χ4v) is 2.65. The summed E-state index contributed by atoms with van der Waals surface area (Å²) in [6, 6.07) is 4.34. The molecule has 1 N–H and O–H groups in total. The number of hydrogen-bond donors (Lipinski definition) is 1. The second kappa shape index (κ2) is 6.55. The van der Waals surface area contributed by atoms with E-state index in [-0.39, 0.29) is 5.54 Å². The molecule has 1 aliphatic heterocycles. The van der Waals surface area contributed by atoms with Crippen molar-refractivity contribution in [1.82, 2.24) is 15.2 Å². The molecule has 0 radical (unpaired) electrons. The molecule has 4 heteroatoms. The Morgan fingerprint density at radius 2 is 1.90 bits per heavy atom. The van der Waals surface area contributed by atoms with E-state index in [1.165, 1.54) is 5.69 Å². The van der Waals surface area contributed by atoms with Gasteiger partial charge < -0.3 is 10.2 Å². The van der Waals surface area contributed by atoms with Crippen LogP contribution in [0.4, 0.5) is 5.69 Å². The van der Waals surface area contributed by atoms with Gasteiger partial charge in [0.15, 0.2) is 0 Å². The molecule has 20 heavy (non-hydrogen) atoms. The van der Waals surface area contributed by atoms with Gasteiger partial charge in [-0.2, -0.15) is 0 Å². The number of anilines is 1. The zero-order valence-electron chi connectivity index (χ0n) is 13.3. The minimum Gasteiger partial charge on any atom is -0.369 e. The Hall–Kier alpha value is -1.13. The molecule has 1 aromatic rings. The topological polar surface area (TPSA) is 31.4 Å². The molecule has 2 heterocycles. The van der Waals surface area contributed by atoms with Crippen LogP contribution < -0.4 is 10.2 Å². The summed E-state index contributed by atoms with van der Waals surface area (Å²) in [7, 11) is 0. The summed E-state index contributed by atoms with van der Waals surface area (Å²) in [6.07, 6.45) is 1.93. The number of hydrogen-bond acceptors (Lipinski definition) is 4. The normalized spacial score (nSPS) is 17.5. The van der Waals surface area contributed by atoms with E-state index in [1.54, 1.807) is 0 Å². The van der Waals surface area contributed by atoms with Crippen molar-refractivity contribution in [3.63, 3.8) is 0 Å². The average molecular weight is 276 g/mol. The Kier molecular flexibility index (Phi) is 5.00. The van der Waals surface area contributed by atoms with Crippen molar-refractivity contribution >= 4 is 5.69 Å². The zero-order chi connectivity index (χ0) is 14.6. The number of aromatic nitrogens is 1. The summed E-state index contributed by atoms with van der Waals surface area (Å²) in [5.41, 5.74) is 2.71. The van der Waals surface area contributed by atoms with Crippen molar-refractivity contribution in [3.8, 4) is 0 Å². The molecular formula is C16H28N4. The molecule has 1 aromatic heterocycles. The van der Waals surface area contributed by atoms with Crippen molar-refractivity contribution in [1.29, 1.82) is 0 Å². The highest BCUT2D eigenvalue weighted by atomic mass is 15.3. The Bertz CT molecular complexity index is 417. The molecule has 0 amide bonds. The number of nitrogens with zero attached hydrogens (tertiary/aromatic N) is 3. The van der Waals surface area contributed by atoms with Crippen molar-refractivity contribution in [2.45, 2.75) is 39.8 Å². The van der Waals surface area contributed by atoms with E-state index in [0.29, 0.717) is 0 Å². The number of piperazine rings is 1. The molecule has 0 spiro atoms. The first kappa shape index (κ1) is 15.3. The van der Waals surface area contributed by atoms with Gasteiger partial charge in [0.1, 0.15) is 0 Å². The van der Waals surface area contributed by atoms with Crippen LogP contribution in [-0.2, 0) is 6.54 Å². The van der Waals surface area contributed by atoms with E-state index in [2.05, 4.69) is 59.9 Å². The van der Waals surface area contributed by atoms with Crippen LogP contribution in [-0.4, -0.2) is 48.1 Å². The number of pyridine rings is 1. The third-order valence-electron chi connectivity index (χ3n) is 3.95. The minimum absolute atomic E-state index is 0.278. The fraction of sp³-hybridized carbons (Fsp3) is 0.688. The highest BCUT2D eigenvalue weighted by molar-refractivity contribution is 5.47. The lowest BCUT2D eigenvalue weighted by Crippen LogP contribution is -2.53. The molecule has 0 aliphatic carbocycles. The molecule has 0 aromatic carbocycles. The maximum absolute atomic E-state index is 4.43. The first-order chi connectivity index (χ1) is 9.50. The molecule has 0 atom stereocenters. The van der Waals surface area contributed by atoms with Gasteiger partial charge in [-0.3, -0.25) is 9.88 Å². The van der Waals surface area contributed by atoms with E-state index in [9.17, 15) is 0 Å². The van der Waals surface area contributed by atoms with Gasteiger partial charge >= 0.3 is 0 Å². The van der Waals surface area contributed by atoms with Crippen LogP contribution in [0.2, 0.25) is 0 Å². The minimum atomic E-state index is 0.278. The molecule has 1 saturated heterocycles. The van der Waals surface area contributed by atoms with Crippen molar-refractivity contribution in [3.05, 3.63) is 24.0 Å². The Balaban J connectivity index is 1.96. The van der Waals surface area contributed by atoms with Crippen molar-refractivity contribution in [2.24, 2.45) is 0 Å². The lowest BCUT2D eigenvalue weighted by atomic mass is 10.0. The summed E-state index contributed by atoms with van der Waals surface area (Å²) in [5.74, 6) is 0. The van der Waals surface area contributed by atoms with E-state index in [0.717, 1.165) is 45.0 Å². The second-order valence-corrected chi connectivity index (χ2v) is 6.43. The highest BCUT2D eigenvalue weighted by Crippen LogP contribution is 2.20. The molecule has 1 aliphatic rings. The van der Waals surface area contributed by atoms with E-state index < -0.39 is 0 Å². The van der Waals surface area contributed by atoms with E-state index >= 15 is 0 Å². The SMILES string of the molecule is CCNCc1cc(N2CCN(C(C)(C)C)CC2)ccn1. The lowest BCUT2D eigenvalue weighted by molar-refractivity contribution is 0.128. The van der Waals surface area contributed by atoms with E-state index in [1.807, 2.05) is 6.20 Å². The van der Waals surface area contributed by atoms with Crippen LogP contribution in [0.25, 0.3) is 0 Å². The largest absolute Gasteiger partial charge is 0.369 e. The number of nitrogens with one attached hydrogen (secondary N) is 1. The average Bonchev–Trinajstić information content (AvgIpc) is 2.45. The van der Waals surface area contributed by atoms with Gasteiger partial charge in [-0.25, -0.2) is 0 Å². The smallest absolute Gasteiger partial charge is 0.0562 e. The molecule has 1 fully saturated rings. The van der Waals surface area contributed by atoms with Crippen LogP contribution >= 0.6 is 0 Å². The summed E-state index contributed by atoms with van der Waals surface area (Å²) >= 11 is 0. The van der Waals surface area contributed by atoms with Crippen molar-refractivity contribution < 1.29 is 0 Å². The summed E-state index contributed by atoms with van der Waals surface area (Å²) in [6.45, 7) is 15.3. The quantitative estimate of drug-likeness (QED) is 0.913. The van der Waals surface area contributed by atoms with Gasteiger partial charge in [-0.1, -0.05) is 6.92 Å². The predicted molar refractivity (Wildman–Crippen MR) is 85.2 cm³/mol. The molecular weight excluding hydrogens is 248 g/mol. The van der Waals surface area contributed by atoms with Crippen LogP contribution in [0, 0.1) is 0 Å². The van der Waals surface area contributed by atoms with Gasteiger partial charge in [0, 0.05) is 50.1 Å². The highest BCUT2D eigenvalue weighted by Gasteiger charge is 2.25.